The van der Waals surface area contributed by atoms with Crippen LogP contribution in [0, 0.1) is 0 Å². The van der Waals surface area contributed by atoms with Crippen LogP contribution in [0.15, 0.2) is 24.3 Å². The Morgan fingerprint density at radius 2 is 1.88 bits per heavy atom. The van der Waals surface area contributed by atoms with Crippen molar-refractivity contribution in [2.45, 2.75) is 42.1 Å². The van der Waals surface area contributed by atoms with E-state index in [0.29, 0.717) is 5.56 Å². The second-order valence-electron chi connectivity index (χ2n) is 6.65. The normalized spacial score (nSPS) is 27.0. The van der Waals surface area contributed by atoms with Crippen LogP contribution in [0.3, 0.4) is 0 Å². The van der Waals surface area contributed by atoms with Crippen molar-refractivity contribution in [3.8, 4) is 5.75 Å². The Kier molecular flexibility index (Phi) is 6.49. The summed E-state index contributed by atoms with van der Waals surface area (Å²) in [5.41, 5.74) is 6.41. The third-order valence-electron chi connectivity index (χ3n) is 4.51. The van der Waals surface area contributed by atoms with Gasteiger partial charge in [0.1, 0.15) is 29.2 Å². The van der Waals surface area contributed by atoms with Crippen molar-refractivity contribution in [1.82, 2.24) is 10.2 Å². The summed E-state index contributed by atoms with van der Waals surface area (Å²) in [7, 11) is 0. The van der Waals surface area contributed by atoms with E-state index in [0.717, 1.165) is 0 Å². The van der Waals surface area contributed by atoms with Crippen molar-refractivity contribution in [3.05, 3.63) is 29.8 Å². The molecule has 2 amide bonds. The maximum atomic E-state index is 12.3. The Labute approximate surface area is 197 Å². The number of hydrogen-bond donors (Lipinski definition) is 4. The van der Waals surface area contributed by atoms with E-state index in [2.05, 4.69) is 5.32 Å². The fraction of sp³-hybridized carbons (Fsp3) is 0.438. The Balaban J connectivity index is 0.00000243. The number of nitrogens with zero attached hydrogens (tertiary/aromatic N) is 1. The number of phenolic OH excluding ortho intramolecular Hbond substituents is 1. The third-order valence-corrected chi connectivity index (χ3v) is 6.08. The molecule has 10 heteroatoms. The van der Waals surface area contributed by atoms with Crippen LogP contribution in [0.1, 0.15) is 25.5 Å². The molecule has 2 aliphatic rings. The molecule has 2 saturated heterocycles. The van der Waals surface area contributed by atoms with Crippen LogP contribution in [0.25, 0.3) is 0 Å². The van der Waals surface area contributed by atoms with Crippen LogP contribution >= 0.6 is 11.8 Å². The van der Waals surface area contributed by atoms with Crippen LogP contribution < -0.4 is 11.1 Å². The van der Waals surface area contributed by atoms with Gasteiger partial charge in [-0.05, 0) is 31.5 Å². The second-order valence-corrected chi connectivity index (χ2v) is 8.42. The topological polar surface area (TPSA) is 133 Å². The first-order chi connectivity index (χ1) is 11.6. The zero-order chi connectivity index (χ0) is 18.5. The van der Waals surface area contributed by atoms with Gasteiger partial charge in [0.2, 0.25) is 11.8 Å². The monoisotopic (exact) mass is 405 g/mol. The van der Waals surface area contributed by atoms with E-state index < -0.39 is 46.0 Å². The van der Waals surface area contributed by atoms with Gasteiger partial charge in [0.05, 0.1) is 0 Å². The molecule has 0 spiro atoms. The fourth-order valence-electron chi connectivity index (χ4n) is 3.22. The van der Waals surface area contributed by atoms with Gasteiger partial charge in [-0.25, -0.2) is 4.79 Å². The summed E-state index contributed by atoms with van der Waals surface area (Å²) in [6.07, 6.45) is 0. The molecule has 3 rings (SSSR count). The second kappa shape index (κ2) is 7.78. The number of nitrogens with one attached hydrogen (secondary N) is 1. The van der Waals surface area contributed by atoms with E-state index >= 15 is 0 Å². The molecule has 136 valence electrons. The molecule has 0 radical (unpaired) electrons. The SMILES string of the molecule is CC1(C)S[C@@H]2[C@H](NC(=O)C(N)c3ccc(O)cc3)C(=O)N2[C@H]1C(=O)O.[KH]. The fourth-order valence-corrected chi connectivity index (χ4v) is 4.85. The number of carboxylic acid groups (broad SMARTS) is 1. The molecular formula is C16H20KN3O5S. The zero-order valence-electron chi connectivity index (χ0n) is 13.7. The number of thioether (sulfide) groups is 1. The molecule has 0 saturated carbocycles. The van der Waals surface area contributed by atoms with E-state index in [1.165, 1.54) is 40.9 Å². The van der Waals surface area contributed by atoms with E-state index in [1.807, 2.05) is 0 Å². The summed E-state index contributed by atoms with van der Waals surface area (Å²) < 4.78 is -0.648. The van der Waals surface area contributed by atoms with Crippen LogP contribution in [0.2, 0.25) is 0 Å². The molecule has 0 aromatic heterocycles. The molecule has 2 heterocycles. The van der Waals surface area contributed by atoms with Gasteiger partial charge in [0, 0.05) is 4.75 Å². The molecule has 5 N–H and O–H groups in total. The molecular weight excluding hydrogens is 385 g/mol. The standard InChI is InChI=1S/C16H19N3O5S.K.H/c1-16(2)11(15(23)24)19-13(22)10(14(19)25-16)18-12(21)9(17)7-3-5-8(20)6-4-7;;/h3-6,9-11,14,20H,17H2,1-2H3,(H,18,21)(H,23,24);;/t9?,10-,11+,14-;;/m1../s1. The van der Waals surface area contributed by atoms with E-state index in [1.54, 1.807) is 13.8 Å². The van der Waals surface area contributed by atoms with Crippen molar-refractivity contribution in [2.75, 3.05) is 0 Å². The minimum atomic E-state index is -1.06. The van der Waals surface area contributed by atoms with Crippen LogP contribution in [-0.4, -0.2) is 106 Å². The van der Waals surface area contributed by atoms with Gasteiger partial charge in [-0.3, -0.25) is 9.59 Å². The number of rotatable bonds is 4. The number of β-lactam (4-membered cyclic amide) rings is 1. The van der Waals surface area contributed by atoms with Gasteiger partial charge >= 0.3 is 57.4 Å². The van der Waals surface area contributed by atoms with Gasteiger partial charge in [-0.2, -0.15) is 0 Å². The molecule has 2 fully saturated rings. The summed E-state index contributed by atoms with van der Waals surface area (Å²) >= 11 is 1.35. The first-order valence-corrected chi connectivity index (χ1v) is 8.59. The predicted octanol–water partition coefficient (Wildman–Crippen LogP) is -0.625. The Bertz CT molecular complexity index is 742. The average Bonchev–Trinajstić information content (AvgIpc) is 2.80. The molecule has 4 atom stereocenters. The number of aromatic hydroxyl groups is 1. The van der Waals surface area contributed by atoms with E-state index in [-0.39, 0.29) is 57.1 Å². The Morgan fingerprint density at radius 3 is 2.42 bits per heavy atom. The average molecular weight is 406 g/mol. The summed E-state index contributed by atoms with van der Waals surface area (Å²) in [6.45, 7) is 3.53. The number of nitrogens with two attached hydrogens (primary N) is 1. The number of phenols is 1. The maximum absolute atomic E-state index is 12.3. The van der Waals surface area contributed by atoms with E-state index in [9.17, 15) is 24.6 Å². The predicted molar refractivity (Wildman–Crippen MR) is 97.8 cm³/mol. The third kappa shape index (κ3) is 3.68. The van der Waals surface area contributed by atoms with Crippen LogP contribution in [0.5, 0.6) is 5.75 Å². The number of fused-ring (bicyclic) bond motifs is 1. The number of benzene rings is 1. The van der Waals surface area contributed by atoms with Gasteiger partial charge in [-0.15, -0.1) is 11.8 Å². The van der Waals surface area contributed by atoms with Crippen LogP contribution in [0.4, 0.5) is 0 Å². The van der Waals surface area contributed by atoms with Gasteiger partial charge < -0.3 is 26.2 Å². The summed E-state index contributed by atoms with van der Waals surface area (Å²) in [4.78, 5) is 37.5. The van der Waals surface area contributed by atoms with Crippen molar-refractivity contribution < 1.29 is 24.6 Å². The van der Waals surface area contributed by atoms with E-state index in [4.69, 9.17) is 5.73 Å². The summed E-state index contributed by atoms with van der Waals surface area (Å²) in [6, 6.07) is 3.21. The number of carbonyl (C=O) groups excluding carboxylic acids is 2. The van der Waals surface area contributed by atoms with Gasteiger partial charge in [-0.1, -0.05) is 12.1 Å². The Hall–Kier alpha value is -0.624. The molecule has 2 aliphatic heterocycles. The number of aliphatic carboxylic acids is 1. The molecule has 1 aromatic rings. The van der Waals surface area contributed by atoms with Gasteiger partial charge in [0.25, 0.3) is 0 Å². The van der Waals surface area contributed by atoms with Crippen molar-refractivity contribution in [2.24, 2.45) is 5.73 Å². The number of hydrogen-bond acceptors (Lipinski definition) is 6. The zero-order valence-corrected chi connectivity index (χ0v) is 14.5. The van der Waals surface area contributed by atoms with Crippen molar-refractivity contribution in [1.29, 1.82) is 0 Å². The molecule has 1 unspecified atom stereocenters. The number of amides is 2. The van der Waals surface area contributed by atoms with Crippen molar-refractivity contribution in [3.63, 3.8) is 0 Å². The summed E-state index contributed by atoms with van der Waals surface area (Å²) in [5, 5.41) is 20.9. The molecule has 8 nitrogen and oxygen atoms in total. The molecule has 26 heavy (non-hydrogen) atoms. The van der Waals surface area contributed by atoms with Crippen LogP contribution in [-0.2, 0) is 14.4 Å². The van der Waals surface area contributed by atoms with Crippen molar-refractivity contribution >= 4 is 80.9 Å². The number of carbonyl (C=O) groups is 3. The molecule has 1 aromatic carbocycles. The summed E-state index contributed by atoms with van der Waals surface area (Å²) in [5.74, 6) is -1.94. The molecule has 0 aliphatic carbocycles. The first kappa shape index (κ1) is 21.7. The van der Waals surface area contributed by atoms with Gasteiger partial charge in [0.15, 0.2) is 0 Å². The first-order valence-electron chi connectivity index (χ1n) is 7.71. The molecule has 0 bridgehead atoms. The quantitative estimate of drug-likeness (QED) is 0.387. The number of carboxylic acids is 1. The Morgan fingerprint density at radius 1 is 1.31 bits per heavy atom. The minimum absolute atomic E-state index is 0.